The van der Waals surface area contributed by atoms with E-state index in [9.17, 15) is 8.42 Å². The first-order valence-corrected chi connectivity index (χ1v) is 11.2. The topological polar surface area (TPSA) is 78.7 Å². The number of aliphatic imine (C=N–C) groups is 1. The van der Waals surface area contributed by atoms with E-state index in [0.717, 1.165) is 23.4 Å². The highest BCUT2D eigenvalue weighted by atomic mass is 35.5. The monoisotopic (exact) mass is 443 g/mol. The van der Waals surface area contributed by atoms with Gasteiger partial charge in [0.05, 0.1) is 23.0 Å². The molecule has 1 aliphatic rings. The standard InChI is InChI=1S/C18H23Cl2N5O2S/c1-21-18(23-12-14-11-15(19)17(20)24(14)2)22-8-10-28(26,27)25-9-7-13-5-3-4-6-16(13)25/h3-6,11H,7-10,12H2,1-2H3,(H2,21,22,23). The molecule has 28 heavy (non-hydrogen) atoms. The van der Waals surface area contributed by atoms with Gasteiger partial charge in [-0.25, -0.2) is 8.42 Å². The molecule has 152 valence electrons. The molecule has 0 saturated carbocycles. The molecule has 2 N–H and O–H groups in total. The van der Waals surface area contributed by atoms with Crippen molar-refractivity contribution in [3.8, 4) is 0 Å². The lowest BCUT2D eigenvalue weighted by molar-refractivity contribution is 0.590. The number of nitrogens with one attached hydrogen (secondary N) is 2. The van der Waals surface area contributed by atoms with Crippen LogP contribution < -0.4 is 14.9 Å². The molecule has 0 unspecified atom stereocenters. The minimum atomic E-state index is -3.40. The Morgan fingerprint density at radius 3 is 2.68 bits per heavy atom. The van der Waals surface area contributed by atoms with E-state index in [1.54, 1.807) is 17.7 Å². The lowest BCUT2D eigenvalue weighted by Crippen LogP contribution is -2.41. The number of para-hydroxylation sites is 1. The molecule has 0 atom stereocenters. The van der Waals surface area contributed by atoms with Gasteiger partial charge >= 0.3 is 0 Å². The van der Waals surface area contributed by atoms with E-state index in [2.05, 4.69) is 15.6 Å². The first-order valence-electron chi connectivity index (χ1n) is 8.86. The van der Waals surface area contributed by atoms with Crippen molar-refractivity contribution < 1.29 is 8.42 Å². The first-order chi connectivity index (χ1) is 13.3. The van der Waals surface area contributed by atoms with Crippen molar-refractivity contribution in [1.82, 2.24) is 15.2 Å². The summed E-state index contributed by atoms with van der Waals surface area (Å²) in [4.78, 5) is 4.13. The molecule has 0 amide bonds. The lowest BCUT2D eigenvalue weighted by Gasteiger charge is -2.20. The third-order valence-electron chi connectivity index (χ3n) is 4.71. The van der Waals surface area contributed by atoms with Crippen LogP contribution in [0.5, 0.6) is 0 Å². The molecule has 2 heterocycles. The Bertz CT molecular complexity index is 988. The number of guanidine groups is 1. The van der Waals surface area contributed by atoms with Gasteiger partial charge < -0.3 is 15.2 Å². The Morgan fingerprint density at radius 2 is 2.00 bits per heavy atom. The fraction of sp³-hybridized carbons (Fsp3) is 0.389. The van der Waals surface area contributed by atoms with Crippen LogP contribution in [0, 0.1) is 0 Å². The maximum Gasteiger partial charge on any atom is 0.236 e. The Kier molecular flexibility index (Phi) is 6.42. The number of hydrogen-bond acceptors (Lipinski definition) is 3. The van der Waals surface area contributed by atoms with Crippen molar-refractivity contribution in [3.05, 3.63) is 51.8 Å². The predicted octanol–water partition coefficient (Wildman–Crippen LogP) is 2.39. The summed E-state index contributed by atoms with van der Waals surface area (Å²) in [6.45, 7) is 1.19. The number of halogens is 2. The number of sulfonamides is 1. The van der Waals surface area contributed by atoms with Gasteiger partial charge in [0.2, 0.25) is 10.0 Å². The molecule has 3 rings (SSSR count). The number of fused-ring (bicyclic) bond motifs is 1. The van der Waals surface area contributed by atoms with Crippen LogP contribution in [0.1, 0.15) is 11.3 Å². The van der Waals surface area contributed by atoms with Gasteiger partial charge in [-0.05, 0) is 24.1 Å². The van der Waals surface area contributed by atoms with E-state index in [0.29, 0.717) is 29.2 Å². The van der Waals surface area contributed by atoms with E-state index < -0.39 is 10.0 Å². The summed E-state index contributed by atoms with van der Waals surface area (Å²) >= 11 is 12.1. The van der Waals surface area contributed by atoms with Crippen LogP contribution in [0.2, 0.25) is 10.2 Å². The average Bonchev–Trinajstić information content (AvgIpc) is 3.22. The SMILES string of the molecule is CN=C(NCCS(=O)(=O)N1CCc2ccccc21)NCc1cc(Cl)c(Cl)n1C. The lowest BCUT2D eigenvalue weighted by atomic mass is 10.2. The molecule has 1 aliphatic heterocycles. The van der Waals surface area contributed by atoms with E-state index in [1.165, 1.54) is 4.31 Å². The van der Waals surface area contributed by atoms with Gasteiger partial charge in [-0.1, -0.05) is 41.4 Å². The summed E-state index contributed by atoms with van der Waals surface area (Å²) in [5.41, 5.74) is 2.73. The fourth-order valence-electron chi connectivity index (χ4n) is 3.16. The van der Waals surface area contributed by atoms with Crippen LogP contribution in [0.15, 0.2) is 35.3 Å². The van der Waals surface area contributed by atoms with Crippen molar-refractivity contribution in [1.29, 1.82) is 0 Å². The number of nitrogens with zero attached hydrogens (tertiary/aromatic N) is 3. The molecule has 0 aliphatic carbocycles. The van der Waals surface area contributed by atoms with Crippen molar-refractivity contribution >= 4 is 44.9 Å². The van der Waals surface area contributed by atoms with E-state index in [1.807, 2.05) is 31.3 Å². The minimum absolute atomic E-state index is 0.0240. The average molecular weight is 444 g/mol. The number of rotatable bonds is 6. The van der Waals surface area contributed by atoms with Gasteiger partial charge in [0.15, 0.2) is 5.96 Å². The summed E-state index contributed by atoms with van der Waals surface area (Å²) in [5.74, 6) is 0.481. The van der Waals surface area contributed by atoms with Gasteiger partial charge in [0.1, 0.15) is 5.15 Å². The molecule has 7 nitrogen and oxygen atoms in total. The molecule has 1 aromatic carbocycles. The zero-order chi connectivity index (χ0) is 20.3. The highest BCUT2D eigenvalue weighted by molar-refractivity contribution is 7.92. The smallest absolute Gasteiger partial charge is 0.236 e. The molecule has 0 radical (unpaired) electrons. The van der Waals surface area contributed by atoms with Gasteiger partial charge in [0, 0.05) is 32.9 Å². The second-order valence-electron chi connectivity index (χ2n) is 6.45. The van der Waals surface area contributed by atoms with Crippen LogP contribution in [0.4, 0.5) is 5.69 Å². The minimum Gasteiger partial charge on any atom is -0.355 e. The van der Waals surface area contributed by atoms with Crippen molar-refractivity contribution in [2.75, 3.05) is 30.2 Å². The van der Waals surface area contributed by atoms with Crippen molar-refractivity contribution in [2.45, 2.75) is 13.0 Å². The van der Waals surface area contributed by atoms with E-state index in [-0.39, 0.29) is 12.3 Å². The third kappa shape index (κ3) is 4.39. The highest BCUT2D eigenvalue weighted by Crippen LogP contribution is 2.29. The molecule has 0 saturated heterocycles. The third-order valence-corrected chi connectivity index (χ3v) is 7.32. The Morgan fingerprint density at radius 1 is 1.25 bits per heavy atom. The van der Waals surface area contributed by atoms with Gasteiger partial charge in [-0.2, -0.15) is 0 Å². The maximum absolute atomic E-state index is 12.7. The molecular formula is C18H23Cl2N5O2S. The van der Waals surface area contributed by atoms with Crippen molar-refractivity contribution in [2.24, 2.45) is 12.0 Å². The summed E-state index contributed by atoms with van der Waals surface area (Å²) in [6.07, 6.45) is 0.744. The second-order valence-corrected chi connectivity index (χ2v) is 9.23. The van der Waals surface area contributed by atoms with Crippen molar-refractivity contribution in [3.63, 3.8) is 0 Å². The number of anilines is 1. The zero-order valence-corrected chi connectivity index (χ0v) is 18.1. The van der Waals surface area contributed by atoms with Crippen LogP contribution in [0.25, 0.3) is 0 Å². The quantitative estimate of drug-likeness (QED) is 0.530. The molecule has 0 fully saturated rings. The van der Waals surface area contributed by atoms with Gasteiger partial charge in [-0.3, -0.25) is 9.30 Å². The van der Waals surface area contributed by atoms with Crippen LogP contribution in [-0.4, -0.2) is 44.8 Å². The zero-order valence-electron chi connectivity index (χ0n) is 15.7. The molecule has 2 aromatic rings. The normalized spacial score (nSPS) is 14.3. The van der Waals surface area contributed by atoms with Crippen LogP contribution in [-0.2, 0) is 30.0 Å². The summed E-state index contributed by atoms with van der Waals surface area (Å²) in [5, 5.41) is 7.13. The Hall–Kier alpha value is -1.90. The van der Waals surface area contributed by atoms with E-state index >= 15 is 0 Å². The highest BCUT2D eigenvalue weighted by Gasteiger charge is 2.28. The fourth-order valence-corrected chi connectivity index (χ4v) is 5.00. The Labute approximate surface area is 175 Å². The summed E-state index contributed by atoms with van der Waals surface area (Å²) < 4.78 is 28.7. The first kappa shape index (κ1) is 20.8. The maximum atomic E-state index is 12.7. The molecule has 10 heteroatoms. The number of benzene rings is 1. The number of hydrogen-bond donors (Lipinski definition) is 2. The van der Waals surface area contributed by atoms with Crippen LogP contribution in [0.3, 0.4) is 0 Å². The van der Waals surface area contributed by atoms with Gasteiger partial charge in [0.25, 0.3) is 0 Å². The Balaban J connectivity index is 1.54. The number of aromatic nitrogens is 1. The van der Waals surface area contributed by atoms with Crippen LogP contribution >= 0.6 is 23.2 Å². The molecule has 0 bridgehead atoms. The predicted molar refractivity (Wildman–Crippen MR) is 115 cm³/mol. The largest absolute Gasteiger partial charge is 0.355 e. The molecular weight excluding hydrogens is 421 g/mol. The summed E-state index contributed by atoms with van der Waals surface area (Å²) in [7, 11) is 0.0474. The molecule has 1 aromatic heterocycles. The second kappa shape index (κ2) is 8.63. The van der Waals surface area contributed by atoms with Gasteiger partial charge in [-0.15, -0.1) is 0 Å². The van der Waals surface area contributed by atoms with E-state index in [4.69, 9.17) is 23.2 Å². The molecule has 0 spiro atoms. The summed E-state index contributed by atoms with van der Waals surface area (Å²) in [6, 6.07) is 9.39.